The summed E-state index contributed by atoms with van der Waals surface area (Å²) < 4.78 is 56.0. The van der Waals surface area contributed by atoms with Gasteiger partial charge in [0, 0.05) is 46.1 Å². The third-order valence-electron chi connectivity index (χ3n) is 8.49. The molecule has 7 aromatic rings. The molecule has 7 rings (SSSR count). The van der Waals surface area contributed by atoms with E-state index in [1.807, 2.05) is 86.8 Å². The van der Waals surface area contributed by atoms with Crippen LogP contribution in [0.2, 0.25) is 19.6 Å². The average molecular weight is 871 g/mol. The van der Waals surface area contributed by atoms with Gasteiger partial charge in [-0.05, 0) is 63.9 Å². The SMILES string of the molecule is [2H]C(C)(C)c1cc[c-]c(-c2ccc([Si](C)(C)C)cn2)c1.[2H]C([2H])([2H])c1cnc(-c2[c-]ccc3c2oc2cc(-c4ccccc4)ccc23)cc1C([2H])([2H])C(C)(C)C.[Ir]. The molecule has 0 atom stereocenters. The van der Waals surface area contributed by atoms with Crippen LogP contribution in [0.3, 0.4) is 0 Å². The summed E-state index contributed by atoms with van der Waals surface area (Å²) in [5.41, 5.74) is 6.46. The zero-order valence-corrected chi connectivity index (χ0v) is 33.9. The van der Waals surface area contributed by atoms with Gasteiger partial charge in [-0.1, -0.05) is 131 Å². The first kappa shape index (κ1) is 30.5. The predicted molar refractivity (Wildman–Crippen MR) is 215 cm³/mol. The average Bonchev–Trinajstić information content (AvgIpc) is 3.52. The van der Waals surface area contributed by atoms with E-state index in [-0.39, 0.29) is 31.2 Å². The van der Waals surface area contributed by atoms with E-state index in [2.05, 4.69) is 59.9 Å². The van der Waals surface area contributed by atoms with E-state index in [1.54, 1.807) is 32.9 Å². The van der Waals surface area contributed by atoms with Gasteiger partial charge in [-0.15, -0.1) is 53.6 Å². The van der Waals surface area contributed by atoms with Gasteiger partial charge in [0.05, 0.1) is 13.7 Å². The fourth-order valence-corrected chi connectivity index (χ4v) is 6.80. The van der Waals surface area contributed by atoms with Crippen LogP contribution in [-0.2, 0) is 26.5 Å². The standard InChI is InChI=1S/C29H26NO.C17H22NSi.Ir/c1-19-18-30-26(15-22(19)17-29(2,3)4)25-12-8-11-24-23-14-13-21(16-27(23)31-28(24)25)20-9-6-5-7-10-20;1-13(2)14-7-6-8-15(11-14)17-10-9-16(12-18-17)19(3,4)5;/h5-11,13-16,18H,17H2,1-4H3;6-7,9-13H,1-5H3;/q2*-1;/i1D3,17D2;13D;. The number of nitrogens with zero attached hydrogens (tertiary/aromatic N) is 2. The molecule has 4 aromatic carbocycles. The molecular weight excluding hydrogens is 817 g/mol. The summed E-state index contributed by atoms with van der Waals surface area (Å²) in [6, 6.07) is 37.9. The van der Waals surface area contributed by atoms with Crippen molar-refractivity contribution >= 4 is 35.2 Å². The molecule has 0 aliphatic heterocycles. The predicted octanol–water partition coefficient (Wildman–Crippen LogP) is 12.2. The molecule has 0 N–H and O–H groups in total. The molecule has 0 aliphatic rings. The molecule has 51 heavy (non-hydrogen) atoms. The maximum absolute atomic E-state index is 8.81. The molecule has 3 nitrogen and oxygen atoms in total. The number of rotatable bonds is 6. The zero-order valence-electron chi connectivity index (χ0n) is 36.5. The second-order valence-electron chi connectivity index (χ2n) is 14.9. The van der Waals surface area contributed by atoms with Gasteiger partial charge in [-0.3, -0.25) is 0 Å². The van der Waals surface area contributed by atoms with E-state index < -0.39 is 32.6 Å². The summed E-state index contributed by atoms with van der Waals surface area (Å²) in [4.78, 5) is 9.02. The van der Waals surface area contributed by atoms with Crippen molar-refractivity contribution < 1.29 is 32.7 Å². The first-order valence-electron chi connectivity index (χ1n) is 20.0. The Balaban J connectivity index is 0.000000251. The van der Waals surface area contributed by atoms with Crippen LogP contribution in [0, 0.1) is 24.4 Å². The van der Waals surface area contributed by atoms with Gasteiger partial charge in [0.1, 0.15) is 5.58 Å². The third kappa shape index (κ3) is 9.02. The third-order valence-corrected chi connectivity index (χ3v) is 10.5. The molecule has 0 saturated heterocycles. The number of aromatic nitrogens is 2. The molecule has 5 heteroatoms. The zero-order chi connectivity index (χ0) is 40.8. The Hall–Kier alpha value is -4.15. The van der Waals surface area contributed by atoms with Crippen LogP contribution in [-0.4, -0.2) is 18.0 Å². The summed E-state index contributed by atoms with van der Waals surface area (Å²) in [5.74, 6) is -0.595. The maximum Gasteiger partial charge on any atom is 0.121 e. The summed E-state index contributed by atoms with van der Waals surface area (Å²) in [6.07, 6.45) is 1.35. The molecule has 0 fully saturated rings. The first-order valence-corrected chi connectivity index (χ1v) is 20.5. The van der Waals surface area contributed by atoms with Gasteiger partial charge < -0.3 is 14.4 Å². The number of aryl methyl sites for hydroxylation is 1. The molecule has 0 amide bonds. The molecule has 1 radical (unpaired) electrons. The molecule has 0 aliphatic carbocycles. The number of furan rings is 1. The van der Waals surface area contributed by atoms with Crippen molar-refractivity contribution in [3.63, 3.8) is 0 Å². The van der Waals surface area contributed by atoms with Crippen molar-refractivity contribution in [1.29, 1.82) is 0 Å². The van der Waals surface area contributed by atoms with E-state index in [0.29, 0.717) is 16.8 Å². The number of hydrogen-bond donors (Lipinski definition) is 0. The Bertz CT molecular complexity index is 2500. The Labute approximate surface area is 327 Å². The summed E-state index contributed by atoms with van der Waals surface area (Å²) in [5, 5.41) is 3.20. The minimum Gasteiger partial charge on any atom is -0.501 e. The summed E-state index contributed by atoms with van der Waals surface area (Å²) in [7, 11) is -1.30. The Morgan fingerprint density at radius 2 is 1.57 bits per heavy atom. The van der Waals surface area contributed by atoms with E-state index in [4.69, 9.17) is 12.6 Å². The van der Waals surface area contributed by atoms with Crippen molar-refractivity contribution in [3.05, 3.63) is 138 Å². The van der Waals surface area contributed by atoms with Crippen LogP contribution < -0.4 is 5.19 Å². The number of hydrogen-bond acceptors (Lipinski definition) is 3. The summed E-state index contributed by atoms with van der Waals surface area (Å²) >= 11 is 0. The molecule has 3 heterocycles. The van der Waals surface area contributed by atoms with Gasteiger partial charge >= 0.3 is 0 Å². The monoisotopic (exact) mass is 871 g/mol. The van der Waals surface area contributed by atoms with Gasteiger partial charge in [0.15, 0.2) is 0 Å². The number of benzene rings is 4. The van der Waals surface area contributed by atoms with E-state index in [1.165, 1.54) is 11.4 Å². The first-order chi connectivity index (χ1) is 26.1. The molecule has 0 saturated carbocycles. The van der Waals surface area contributed by atoms with E-state index in [9.17, 15) is 0 Å². The van der Waals surface area contributed by atoms with Crippen LogP contribution >= 0.6 is 0 Å². The van der Waals surface area contributed by atoms with Crippen LogP contribution in [0.5, 0.6) is 0 Å². The second kappa shape index (κ2) is 15.6. The Kier molecular flexibility index (Phi) is 9.33. The summed E-state index contributed by atoms with van der Waals surface area (Å²) in [6.45, 7) is 13.5. The Morgan fingerprint density at radius 1 is 0.824 bits per heavy atom. The Morgan fingerprint density at radius 3 is 2.24 bits per heavy atom. The molecule has 3 aromatic heterocycles. The quantitative estimate of drug-likeness (QED) is 0.123. The second-order valence-corrected chi connectivity index (χ2v) is 20.0. The molecule has 0 bridgehead atoms. The van der Waals surface area contributed by atoms with Gasteiger partial charge in [0.25, 0.3) is 0 Å². The minimum atomic E-state index is -2.50. The topological polar surface area (TPSA) is 38.9 Å². The smallest absolute Gasteiger partial charge is 0.121 e. The van der Waals surface area contributed by atoms with Crippen LogP contribution in [0.1, 0.15) is 65.4 Å². The molecule has 0 spiro atoms. The maximum atomic E-state index is 8.81. The molecule has 0 unspecified atom stereocenters. The molecular formula is C46H48IrN2OSi-2. The van der Waals surface area contributed by atoms with Crippen molar-refractivity contribution in [2.24, 2.45) is 5.41 Å². The number of fused-ring (bicyclic) bond motifs is 3. The fraction of sp³-hybridized carbons (Fsp3) is 0.261. The van der Waals surface area contributed by atoms with Crippen molar-refractivity contribution in [3.8, 4) is 33.6 Å². The largest absolute Gasteiger partial charge is 0.501 e. The van der Waals surface area contributed by atoms with Crippen LogP contribution in [0.15, 0.2) is 114 Å². The van der Waals surface area contributed by atoms with Crippen molar-refractivity contribution in [1.82, 2.24) is 9.97 Å². The van der Waals surface area contributed by atoms with Gasteiger partial charge in [0.2, 0.25) is 0 Å². The fourth-order valence-electron chi connectivity index (χ4n) is 5.76. The minimum absolute atomic E-state index is 0. The normalized spacial score (nSPS) is 14.2. The van der Waals surface area contributed by atoms with Crippen molar-refractivity contribution in [2.45, 2.75) is 73.4 Å². The molecule has 263 valence electrons. The van der Waals surface area contributed by atoms with Crippen molar-refractivity contribution in [2.75, 3.05) is 0 Å². The van der Waals surface area contributed by atoms with Gasteiger partial charge in [-0.2, -0.15) is 0 Å². The van der Waals surface area contributed by atoms with Gasteiger partial charge in [-0.25, -0.2) is 0 Å². The number of pyridine rings is 2. The van der Waals surface area contributed by atoms with E-state index >= 15 is 0 Å². The van der Waals surface area contributed by atoms with E-state index in [0.717, 1.165) is 44.3 Å². The van der Waals surface area contributed by atoms with Crippen LogP contribution in [0.25, 0.3) is 55.6 Å². The van der Waals surface area contributed by atoms with Crippen LogP contribution in [0.4, 0.5) is 0 Å².